The van der Waals surface area contributed by atoms with Gasteiger partial charge in [0.15, 0.2) is 0 Å². The SMILES string of the molecule is CCCCCCCCC(CCCCCC)CN1C(=O)C2=C(c3ccc(-c4cc(CCCCCC)c(Br)s4)s3)N(CC(CCCCCC)CCCCCCCC)C(=O)C2=C1c1ccc(-c2cc(CCCCCC)c(C)s2)s1. The molecule has 422 valence electrons. The third-order valence-corrected chi connectivity index (χ3v) is 22.1. The van der Waals surface area contributed by atoms with E-state index in [1.165, 1.54) is 219 Å². The summed E-state index contributed by atoms with van der Waals surface area (Å²) in [5, 5.41) is 0. The van der Waals surface area contributed by atoms with Crippen LogP contribution in [0.2, 0.25) is 0 Å². The highest BCUT2D eigenvalue weighted by molar-refractivity contribution is 9.11. The van der Waals surface area contributed by atoms with Gasteiger partial charge < -0.3 is 9.80 Å². The summed E-state index contributed by atoms with van der Waals surface area (Å²) in [6.07, 6.45) is 41.9. The fourth-order valence-electron chi connectivity index (χ4n) is 11.8. The Morgan fingerprint density at radius 3 is 1.14 bits per heavy atom. The molecule has 76 heavy (non-hydrogen) atoms. The van der Waals surface area contributed by atoms with Crippen LogP contribution in [0, 0.1) is 18.8 Å². The molecular formula is C67H101BrN2O2S4. The molecule has 2 atom stereocenters. The van der Waals surface area contributed by atoms with E-state index in [0.717, 1.165) is 59.7 Å². The van der Waals surface area contributed by atoms with Crippen molar-refractivity contribution in [3.8, 4) is 19.5 Å². The Hall–Kier alpha value is -2.30. The zero-order chi connectivity index (χ0) is 54.1. The van der Waals surface area contributed by atoms with Crippen molar-refractivity contribution in [2.45, 2.75) is 267 Å². The Bertz CT molecular complexity index is 2230. The van der Waals surface area contributed by atoms with Crippen molar-refractivity contribution in [1.29, 1.82) is 0 Å². The average molecular weight is 1170 g/mol. The van der Waals surface area contributed by atoms with E-state index in [4.69, 9.17) is 0 Å². The monoisotopic (exact) mass is 1170 g/mol. The summed E-state index contributed by atoms with van der Waals surface area (Å²) in [5.41, 5.74) is 5.97. The van der Waals surface area contributed by atoms with Crippen molar-refractivity contribution in [3.05, 3.63) is 77.1 Å². The number of aryl methyl sites for hydroxylation is 3. The van der Waals surface area contributed by atoms with E-state index in [1.807, 2.05) is 22.7 Å². The first-order valence-corrected chi connectivity index (χ1v) is 35.4. The number of carbonyl (C=O) groups is 2. The number of carbonyl (C=O) groups excluding carboxylic acids is 2. The van der Waals surface area contributed by atoms with Gasteiger partial charge in [0.25, 0.3) is 11.8 Å². The molecule has 0 saturated heterocycles. The highest BCUT2D eigenvalue weighted by atomic mass is 79.9. The van der Waals surface area contributed by atoms with Gasteiger partial charge in [-0.25, -0.2) is 0 Å². The van der Waals surface area contributed by atoms with Gasteiger partial charge in [-0.3, -0.25) is 9.59 Å². The normalized spacial score (nSPS) is 14.7. The molecule has 6 rings (SSSR count). The van der Waals surface area contributed by atoms with Gasteiger partial charge in [0, 0.05) is 37.5 Å². The van der Waals surface area contributed by atoms with E-state index in [0.29, 0.717) is 36.1 Å². The van der Waals surface area contributed by atoms with Crippen molar-refractivity contribution in [3.63, 3.8) is 0 Å². The molecule has 0 N–H and O–H groups in total. The maximum absolute atomic E-state index is 16.0. The lowest BCUT2D eigenvalue weighted by Gasteiger charge is -2.29. The first kappa shape index (κ1) is 62.9. The largest absolute Gasteiger partial charge is 0.306 e. The molecule has 0 fully saturated rings. The standard InChI is InChI=1S/C67H101BrN2O2S4/c1-8-14-20-26-28-32-38-51(36-30-22-16-10-3)48-69-63(57-44-42-55(74-57)59-46-53(50(7)73-59)40-34-24-18-12-5)61-62(67(69)72)64(58-45-43-56(75-58)60-47-54(65(68)76-60)41-35-25-19-13-6)70(66(61)71)49-52(37-31-23-17-11-4)39-33-29-27-21-15-9-2/h42-47,51-52H,8-41,48-49H2,1-7H3. The molecule has 2 amide bonds. The van der Waals surface area contributed by atoms with Crippen molar-refractivity contribution in [2.24, 2.45) is 11.8 Å². The predicted octanol–water partition coefficient (Wildman–Crippen LogP) is 23.1. The number of amides is 2. The Balaban J connectivity index is 1.45. The Morgan fingerprint density at radius 1 is 0.395 bits per heavy atom. The van der Waals surface area contributed by atoms with Crippen LogP contribution in [-0.2, 0) is 22.4 Å². The zero-order valence-electron chi connectivity index (χ0n) is 48.8. The first-order valence-electron chi connectivity index (χ1n) is 31.4. The quantitative estimate of drug-likeness (QED) is 0.0415. The molecule has 0 bridgehead atoms. The van der Waals surface area contributed by atoms with Gasteiger partial charge in [0.1, 0.15) is 0 Å². The summed E-state index contributed by atoms with van der Waals surface area (Å²) < 4.78 is 1.23. The summed E-state index contributed by atoms with van der Waals surface area (Å²) >= 11 is 11.3. The number of hydrogen-bond donors (Lipinski definition) is 0. The maximum atomic E-state index is 16.0. The number of nitrogens with zero attached hydrogens (tertiary/aromatic N) is 2. The first-order chi connectivity index (χ1) is 37.2. The van der Waals surface area contributed by atoms with Crippen molar-refractivity contribution >= 4 is 84.5 Å². The fourth-order valence-corrected chi connectivity index (χ4v) is 17.0. The second-order valence-corrected chi connectivity index (χ2v) is 28.7. The molecule has 9 heteroatoms. The molecule has 0 radical (unpaired) electrons. The van der Waals surface area contributed by atoms with Crippen molar-refractivity contribution < 1.29 is 9.59 Å². The molecule has 0 aliphatic carbocycles. The van der Waals surface area contributed by atoms with Crippen LogP contribution in [0.5, 0.6) is 0 Å². The lowest BCUT2D eigenvalue weighted by Crippen LogP contribution is -2.34. The van der Waals surface area contributed by atoms with E-state index in [-0.39, 0.29) is 11.8 Å². The van der Waals surface area contributed by atoms with Crippen LogP contribution in [0.4, 0.5) is 0 Å². The second-order valence-electron chi connectivity index (χ2n) is 22.9. The van der Waals surface area contributed by atoms with Gasteiger partial charge in [-0.1, -0.05) is 208 Å². The maximum Gasteiger partial charge on any atom is 0.261 e. The van der Waals surface area contributed by atoms with E-state index < -0.39 is 0 Å². The van der Waals surface area contributed by atoms with Crippen LogP contribution in [0.25, 0.3) is 30.9 Å². The molecule has 0 aromatic carbocycles. The summed E-state index contributed by atoms with van der Waals surface area (Å²) in [5.74, 6) is 0.869. The van der Waals surface area contributed by atoms with Crippen LogP contribution >= 0.6 is 61.3 Å². The van der Waals surface area contributed by atoms with Crippen LogP contribution in [-0.4, -0.2) is 34.7 Å². The molecule has 2 aliphatic heterocycles. The third kappa shape index (κ3) is 18.4. The lowest BCUT2D eigenvalue weighted by atomic mass is 9.93. The summed E-state index contributed by atoms with van der Waals surface area (Å²) in [7, 11) is 0. The minimum atomic E-state index is 0.0484. The summed E-state index contributed by atoms with van der Waals surface area (Å²) in [6, 6.07) is 13.9. The Morgan fingerprint density at radius 2 is 0.724 bits per heavy atom. The third-order valence-electron chi connectivity index (χ3n) is 16.5. The predicted molar refractivity (Wildman–Crippen MR) is 341 cm³/mol. The van der Waals surface area contributed by atoms with Crippen molar-refractivity contribution in [2.75, 3.05) is 13.1 Å². The minimum absolute atomic E-state index is 0.0484. The van der Waals surface area contributed by atoms with Gasteiger partial charge >= 0.3 is 0 Å². The van der Waals surface area contributed by atoms with E-state index >= 15 is 9.59 Å². The number of thiophene rings is 4. The van der Waals surface area contributed by atoms with Crippen LogP contribution in [0.15, 0.2) is 51.3 Å². The highest BCUT2D eigenvalue weighted by Gasteiger charge is 2.50. The lowest BCUT2D eigenvalue weighted by molar-refractivity contribution is -0.124. The van der Waals surface area contributed by atoms with E-state index in [9.17, 15) is 0 Å². The smallest absolute Gasteiger partial charge is 0.261 e. The molecule has 0 saturated carbocycles. The molecule has 4 aromatic rings. The topological polar surface area (TPSA) is 40.6 Å². The number of rotatable bonds is 42. The second kappa shape index (κ2) is 34.8. The molecule has 4 aromatic heterocycles. The van der Waals surface area contributed by atoms with Gasteiger partial charge in [-0.2, -0.15) is 0 Å². The zero-order valence-corrected chi connectivity index (χ0v) is 53.6. The Kier molecular flexibility index (Phi) is 28.8. The number of fused-ring (bicyclic) bond motifs is 1. The number of halogens is 1. The summed E-state index contributed by atoms with van der Waals surface area (Å²) in [4.78, 5) is 44.9. The summed E-state index contributed by atoms with van der Waals surface area (Å²) in [6.45, 7) is 17.4. The van der Waals surface area contributed by atoms with Gasteiger partial charge in [0.05, 0.1) is 36.1 Å². The van der Waals surface area contributed by atoms with Crippen LogP contribution in [0.3, 0.4) is 0 Å². The number of unbranched alkanes of at least 4 members (excludes halogenated alkanes) is 22. The van der Waals surface area contributed by atoms with Gasteiger partial charge in [0.2, 0.25) is 0 Å². The molecule has 2 unspecified atom stereocenters. The van der Waals surface area contributed by atoms with Crippen molar-refractivity contribution in [1.82, 2.24) is 9.80 Å². The fraction of sp³-hybridized carbons (Fsp3) is 0.672. The van der Waals surface area contributed by atoms with Gasteiger partial charge in [-0.15, -0.1) is 45.3 Å². The highest BCUT2D eigenvalue weighted by Crippen LogP contribution is 2.52. The van der Waals surface area contributed by atoms with Gasteiger partial charge in [-0.05, 0) is 134 Å². The van der Waals surface area contributed by atoms with E-state index in [1.54, 1.807) is 22.7 Å². The van der Waals surface area contributed by atoms with Crippen LogP contribution < -0.4 is 0 Å². The average Bonchev–Trinajstić information content (AvgIpc) is 4.32. The molecular weight excluding hydrogens is 1070 g/mol. The van der Waals surface area contributed by atoms with E-state index in [2.05, 4.69) is 111 Å². The molecule has 4 nitrogen and oxygen atoms in total. The number of hydrogen-bond acceptors (Lipinski definition) is 6. The molecule has 2 aliphatic rings. The van der Waals surface area contributed by atoms with Crippen LogP contribution in [0.1, 0.15) is 273 Å². The molecule has 0 spiro atoms. The minimum Gasteiger partial charge on any atom is -0.306 e. The Labute approximate surface area is 488 Å². The molecule has 6 heterocycles.